The Kier molecular flexibility index (Phi) is 5.71. The average Bonchev–Trinajstić information content (AvgIpc) is 3.37. The van der Waals surface area contributed by atoms with Crippen molar-refractivity contribution in [2.75, 3.05) is 19.7 Å². The zero-order valence-corrected chi connectivity index (χ0v) is 19.0. The Morgan fingerprint density at radius 2 is 2.15 bits per heavy atom. The van der Waals surface area contributed by atoms with Crippen LogP contribution in [0.3, 0.4) is 0 Å². The number of ether oxygens (including phenoxy) is 1. The number of benzene rings is 1. The lowest BCUT2D eigenvalue weighted by atomic mass is 9.72. The van der Waals surface area contributed by atoms with E-state index < -0.39 is 13.2 Å². The fourth-order valence-electron chi connectivity index (χ4n) is 5.25. The molecular formula is C23H21Cl2F2N3O3. The van der Waals surface area contributed by atoms with Crippen LogP contribution in [0.5, 0.6) is 5.88 Å². The van der Waals surface area contributed by atoms with E-state index in [4.69, 9.17) is 23.2 Å². The number of nitrogens with one attached hydrogen (secondary N) is 1. The van der Waals surface area contributed by atoms with Crippen LogP contribution >= 0.6 is 23.2 Å². The number of pyridine rings is 1. The molecule has 1 aromatic carbocycles. The molecular weight excluding hydrogens is 475 g/mol. The highest BCUT2D eigenvalue weighted by Crippen LogP contribution is 2.48. The fraction of sp³-hybridized carbons (Fsp3) is 0.391. The zero-order valence-electron chi connectivity index (χ0n) is 17.5. The Morgan fingerprint density at radius 1 is 1.33 bits per heavy atom. The highest BCUT2D eigenvalue weighted by Gasteiger charge is 2.43. The molecule has 2 aromatic heterocycles. The number of aliphatic hydroxyl groups excluding tert-OH is 1. The summed E-state index contributed by atoms with van der Waals surface area (Å²) in [6.07, 6.45) is 4.69. The molecule has 174 valence electrons. The topological polar surface area (TPSA) is 78.5 Å². The first-order valence-electron chi connectivity index (χ1n) is 10.6. The van der Waals surface area contributed by atoms with Gasteiger partial charge in [-0.3, -0.25) is 4.79 Å². The molecule has 3 aromatic rings. The highest BCUT2D eigenvalue weighted by molar-refractivity contribution is 6.45. The van der Waals surface area contributed by atoms with Crippen LogP contribution in [0.15, 0.2) is 24.4 Å². The minimum Gasteiger partial charge on any atom is -0.417 e. The second kappa shape index (κ2) is 8.42. The quantitative estimate of drug-likeness (QED) is 0.542. The molecule has 1 saturated heterocycles. The van der Waals surface area contributed by atoms with Crippen LogP contribution in [0.25, 0.3) is 22.0 Å². The van der Waals surface area contributed by atoms with E-state index in [1.165, 1.54) is 12.3 Å². The predicted molar refractivity (Wildman–Crippen MR) is 121 cm³/mol. The van der Waals surface area contributed by atoms with Crippen LogP contribution < -0.4 is 4.74 Å². The molecule has 1 amide bonds. The van der Waals surface area contributed by atoms with Gasteiger partial charge in [0.15, 0.2) is 0 Å². The number of aliphatic hydroxyl groups is 1. The van der Waals surface area contributed by atoms with E-state index in [2.05, 4.69) is 14.7 Å². The molecule has 10 heteroatoms. The molecule has 5 rings (SSSR count). The van der Waals surface area contributed by atoms with E-state index in [0.29, 0.717) is 34.2 Å². The minimum atomic E-state index is -2.98. The van der Waals surface area contributed by atoms with Crippen LogP contribution in [0.1, 0.15) is 24.1 Å². The van der Waals surface area contributed by atoms with Gasteiger partial charge in [-0.15, -0.1) is 0 Å². The third kappa shape index (κ3) is 3.94. The average molecular weight is 496 g/mol. The Hall–Kier alpha value is -2.42. The number of carbonyl (C=O) groups excluding carboxylic acids is 1. The first-order chi connectivity index (χ1) is 15.8. The zero-order chi connectivity index (χ0) is 23.3. The van der Waals surface area contributed by atoms with Crippen LogP contribution in [0.4, 0.5) is 8.78 Å². The predicted octanol–water partition coefficient (Wildman–Crippen LogP) is 4.84. The third-order valence-corrected chi connectivity index (χ3v) is 7.59. The van der Waals surface area contributed by atoms with Gasteiger partial charge >= 0.3 is 6.61 Å². The lowest BCUT2D eigenvalue weighted by molar-refractivity contribution is -0.133. The molecule has 1 atom stereocenters. The van der Waals surface area contributed by atoms with E-state index in [1.54, 1.807) is 17.0 Å². The molecule has 0 saturated carbocycles. The van der Waals surface area contributed by atoms with E-state index in [9.17, 15) is 18.7 Å². The van der Waals surface area contributed by atoms with Gasteiger partial charge < -0.3 is 19.7 Å². The van der Waals surface area contributed by atoms with E-state index in [-0.39, 0.29) is 17.2 Å². The van der Waals surface area contributed by atoms with Crippen LogP contribution in [0, 0.1) is 5.41 Å². The summed E-state index contributed by atoms with van der Waals surface area (Å²) in [6.45, 7) is -2.25. The standard InChI is InChI=1S/C23H21Cl2F2N3O3/c24-15-8-13(12-2-5-28-17(7-12)33-22(26)27)19-14-9-23(4-6-30(11-23)18(32)10-31)3-1-16(14)29-21(19)20(15)25/h2,5,7-8,22,29,31H,1,3-4,6,9-11H2. The molecule has 1 spiro atoms. The number of carbonyl (C=O) groups is 1. The number of aromatic nitrogens is 2. The van der Waals surface area contributed by atoms with Crippen molar-refractivity contribution in [3.8, 4) is 17.0 Å². The van der Waals surface area contributed by atoms with Crippen molar-refractivity contribution >= 4 is 40.0 Å². The molecule has 1 aliphatic heterocycles. The Morgan fingerprint density at radius 3 is 2.91 bits per heavy atom. The summed E-state index contributed by atoms with van der Waals surface area (Å²) in [4.78, 5) is 21.1. The van der Waals surface area contributed by atoms with Crippen molar-refractivity contribution < 1.29 is 23.4 Å². The lowest BCUT2D eigenvalue weighted by Gasteiger charge is -2.33. The van der Waals surface area contributed by atoms with Gasteiger partial charge in [0.05, 0.1) is 15.6 Å². The summed E-state index contributed by atoms with van der Waals surface area (Å²) in [5.74, 6) is -0.438. The van der Waals surface area contributed by atoms with Gasteiger partial charge in [0.25, 0.3) is 0 Å². The number of rotatable bonds is 4. The number of fused-ring (bicyclic) bond motifs is 3. The van der Waals surface area contributed by atoms with Crippen LogP contribution in [0.2, 0.25) is 10.0 Å². The van der Waals surface area contributed by atoms with Crippen molar-refractivity contribution in [1.29, 1.82) is 0 Å². The summed E-state index contributed by atoms with van der Waals surface area (Å²) in [5, 5.41) is 10.9. The van der Waals surface area contributed by atoms with E-state index in [1.807, 2.05) is 0 Å². The van der Waals surface area contributed by atoms with E-state index >= 15 is 0 Å². The van der Waals surface area contributed by atoms with Gasteiger partial charge in [-0.1, -0.05) is 23.2 Å². The van der Waals surface area contributed by atoms with Gasteiger partial charge in [0, 0.05) is 36.4 Å². The Balaban J connectivity index is 1.62. The number of amides is 1. The summed E-state index contributed by atoms with van der Waals surface area (Å²) in [6, 6.07) is 4.91. The van der Waals surface area contributed by atoms with Crippen LogP contribution in [-0.4, -0.2) is 52.2 Å². The summed E-state index contributed by atoms with van der Waals surface area (Å²) < 4.78 is 30.0. The van der Waals surface area contributed by atoms with Gasteiger partial charge in [0.2, 0.25) is 11.8 Å². The number of halogens is 4. The molecule has 2 aliphatic rings. The number of H-pyrrole nitrogens is 1. The number of hydrogen-bond acceptors (Lipinski definition) is 4. The van der Waals surface area contributed by atoms with Crippen molar-refractivity contribution in [2.24, 2.45) is 5.41 Å². The second-order valence-electron chi connectivity index (χ2n) is 8.71. The molecule has 33 heavy (non-hydrogen) atoms. The molecule has 1 unspecified atom stereocenters. The Bertz CT molecular complexity index is 1250. The SMILES string of the molecule is O=C(CO)N1CCC2(CCc3[nH]c4c(Cl)c(Cl)cc(-c5ccnc(OC(F)F)c5)c4c3C2)C1. The van der Waals surface area contributed by atoms with Crippen molar-refractivity contribution in [1.82, 2.24) is 14.9 Å². The number of aryl methyl sites for hydroxylation is 1. The number of likely N-dealkylation sites (tertiary alicyclic amines) is 1. The monoisotopic (exact) mass is 495 g/mol. The van der Waals surface area contributed by atoms with Gasteiger partial charge in [-0.05, 0) is 59.9 Å². The summed E-state index contributed by atoms with van der Waals surface area (Å²) >= 11 is 13.0. The first kappa shape index (κ1) is 22.4. The van der Waals surface area contributed by atoms with Gasteiger partial charge in [-0.25, -0.2) is 4.98 Å². The molecule has 3 heterocycles. The second-order valence-corrected chi connectivity index (χ2v) is 9.50. The van der Waals surface area contributed by atoms with Crippen LogP contribution in [-0.2, 0) is 17.6 Å². The van der Waals surface area contributed by atoms with Gasteiger partial charge in [0.1, 0.15) is 6.61 Å². The number of nitrogens with zero attached hydrogens (tertiary/aromatic N) is 2. The normalized spacial score (nSPS) is 20.1. The first-order valence-corrected chi connectivity index (χ1v) is 11.4. The maximum absolute atomic E-state index is 12.7. The molecule has 0 radical (unpaired) electrons. The van der Waals surface area contributed by atoms with Crippen molar-refractivity contribution in [3.63, 3.8) is 0 Å². The third-order valence-electron chi connectivity index (χ3n) is 6.80. The molecule has 1 aliphatic carbocycles. The molecule has 2 N–H and O–H groups in total. The maximum atomic E-state index is 12.7. The molecule has 1 fully saturated rings. The fourth-order valence-corrected chi connectivity index (χ4v) is 5.65. The maximum Gasteiger partial charge on any atom is 0.388 e. The summed E-state index contributed by atoms with van der Waals surface area (Å²) in [5.41, 5.74) is 4.15. The smallest absolute Gasteiger partial charge is 0.388 e. The lowest BCUT2D eigenvalue weighted by Crippen LogP contribution is -2.36. The largest absolute Gasteiger partial charge is 0.417 e. The minimum absolute atomic E-state index is 0.0848. The number of alkyl halides is 2. The molecule has 6 nitrogen and oxygen atoms in total. The van der Waals surface area contributed by atoms with E-state index in [0.717, 1.165) is 47.9 Å². The number of hydrogen-bond donors (Lipinski definition) is 2. The van der Waals surface area contributed by atoms with Crippen molar-refractivity contribution in [3.05, 3.63) is 45.7 Å². The van der Waals surface area contributed by atoms with Crippen molar-refractivity contribution in [2.45, 2.75) is 32.3 Å². The molecule has 0 bridgehead atoms. The Labute approximate surface area is 198 Å². The summed E-state index contributed by atoms with van der Waals surface area (Å²) in [7, 11) is 0. The highest BCUT2D eigenvalue weighted by atomic mass is 35.5. The van der Waals surface area contributed by atoms with Gasteiger partial charge in [-0.2, -0.15) is 8.78 Å². The number of aromatic amines is 1.